The van der Waals surface area contributed by atoms with Crippen molar-refractivity contribution in [3.05, 3.63) is 111 Å². The maximum Gasteiger partial charge on any atom is 0.253 e. The van der Waals surface area contributed by atoms with Crippen LogP contribution in [0.1, 0.15) is 50.2 Å². The maximum absolute atomic E-state index is 14.1. The number of thiophene rings is 1. The fourth-order valence-electron chi connectivity index (χ4n) is 5.66. The first-order valence-corrected chi connectivity index (χ1v) is 17.4. The number of carbonyl (C=O) groups is 2. The van der Waals surface area contributed by atoms with Crippen molar-refractivity contribution in [3.8, 4) is 22.9 Å². The lowest BCUT2D eigenvalue weighted by molar-refractivity contribution is -0.130. The summed E-state index contributed by atoms with van der Waals surface area (Å²) in [4.78, 5) is 28.1. The Balaban J connectivity index is 1.28. The fourth-order valence-corrected chi connectivity index (χ4v) is 7.19. The van der Waals surface area contributed by atoms with Gasteiger partial charge < -0.3 is 19.5 Å². The van der Waals surface area contributed by atoms with Crippen LogP contribution < -0.4 is 19.5 Å². The van der Waals surface area contributed by atoms with Crippen molar-refractivity contribution in [2.24, 2.45) is 5.10 Å². The summed E-state index contributed by atoms with van der Waals surface area (Å²) in [5, 5.41) is 20.8. The summed E-state index contributed by atoms with van der Waals surface area (Å²) >= 11 is 2.85. The molecule has 1 atom stereocenters. The highest BCUT2D eigenvalue weighted by Gasteiger charge is 2.36. The van der Waals surface area contributed by atoms with E-state index >= 15 is 0 Å². The van der Waals surface area contributed by atoms with E-state index in [1.807, 2.05) is 72.3 Å². The smallest absolute Gasteiger partial charge is 0.253 e. The van der Waals surface area contributed by atoms with E-state index in [9.17, 15) is 9.59 Å². The predicted octanol–water partition coefficient (Wildman–Crippen LogP) is 6.37. The summed E-state index contributed by atoms with van der Waals surface area (Å²) in [5.41, 5.74) is 5.05. The summed E-state index contributed by atoms with van der Waals surface area (Å²) in [6.07, 6.45) is 0.525. The Hall–Kier alpha value is -5.14. The van der Waals surface area contributed by atoms with Crippen molar-refractivity contribution >= 4 is 40.6 Å². The van der Waals surface area contributed by atoms with E-state index in [-0.39, 0.29) is 24.1 Å². The number of ether oxygens (including phenoxy) is 3. The first-order valence-electron chi connectivity index (χ1n) is 15.5. The summed E-state index contributed by atoms with van der Waals surface area (Å²) in [6.45, 7) is 4.14. The highest BCUT2D eigenvalue weighted by Crippen LogP contribution is 2.42. The number of carbonyl (C=O) groups excluding carboxylic acids is 2. The molecule has 5 aromatic rings. The number of rotatable bonds is 12. The third kappa shape index (κ3) is 7.18. The van der Waals surface area contributed by atoms with Gasteiger partial charge in [-0.25, -0.2) is 5.01 Å². The molecule has 1 aliphatic rings. The van der Waals surface area contributed by atoms with Gasteiger partial charge in [0.25, 0.3) is 11.8 Å². The van der Waals surface area contributed by atoms with Crippen LogP contribution in [0, 0.1) is 13.8 Å². The zero-order valence-electron chi connectivity index (χ0n) is 27.8. The average Bonchev–Trinajstić information content (AvgIpc) is 3.91. The van der Waals surface area contributed by atoms with Crippen molar-refractivity contribution in [2.45, 2.75) is 38.0 Å². The molecule has 0 saturated carbocycles. The molecule has 11 nitrogen and oxygen atoms in total. The number of hydrazone groups is 1. The molecule has 1 aliphatic heterocycles. The van der Waals surface area contributed by atoms with Gasteiger partial charge in [0, 0.05) is 17.5 Å². The molecular formula is C36H36N6O5S2. The van der Waals surface area contributed by atoms with Crippen molar-refractivity contribution in [3.63, 3.8) is 0 Å². The standard InChI is InChI=1S/C36H36N6O5S2/c1-22-11-12-23(2)28(18-22)41-32(20-37-35(44)24-13-15-25(45-3)16-14-24)38-39-36(41)49-21-33(43)42-29(19-27(40-42)31-10-7-17-48-31)26-8-6-9-30(46-4)34(26)47-5/h6-18,29H,19-21H2,1-5H3,(H,37,44)/t29-/m1/s1. The second kappa shape index (κ2) is 15.0. The number of thioether (sulfide) groups is 1. The van der Waals surface area contributed by atoms with Crippen molar-refractivity contribution in [2.75, 3.05) is 27.1 Å². The summed E-state index contributed by atoms with van der Waals surface area (Å²) in [5.74, 6) is 1.94. The Bertz CT molecular complexity index is 1990. The minimum absolute atomic E-state index is 0.0468. The van der Waals surface area contributed by atoms with Crippen LogP contribution in [0.5, 0.6) is 17.2 Å². The lowest BCUT2D eigenvalue weighted by Gasteiger charge is -2.24. The lowest BCUT2D eigenvalue weighted by Crippen LogP contribution is -2.29. The number of benzene rings is 3. The Morgan fingerprint density at radius 2 is 1.78 bits per heavy atom. The first-order chi connectivity index (χ1) is 23.8. The minimum Gasteiger partial charge on any atom is -0.497 e. The molecule has 3 aromatic carbocycles. The van der Waals surface area contributed by atoms with Crippen LogP contribution in [-0.2, 0) is 11.3 Å². The van der Waals surface area contributed by atoms with Crippen LogP contribution >= 0.6 is 23.1 Å². The molecule has 0 unspecified atom stereocenters. The average molecular weight is 697 g/mol. The van der Waals surface area contributed by atoms with Gasteiger partial charge in [0.1, 0.15) is 5.75 Å². The highest BCUT2D eigenvalue weighted by atomic mass is 32.2. The van der Waals surface area contributed by atoms with Gasteiger partial charge in [-0.1, -0.05) is 42.1 Å². The van der Waals surface area contributed by atoms with Crippen LogP contribution in [0.2, 0.25) is 0 Å². The van der Waals surface area contributed by atoms with Crippen molar-refractivity contribution < 1.29 is 23.8 Å². The number of para-hydroxylation sites is 1. The molecule has 1 N–H and O–H groups in total. The molecule has 0 saturated heterocycles. The number of aromatic nitrogens is 3. The molecule has 0 spiro atoms. The van der Waals surface area contributed by atoms with Gasteiger partial charge in [-0.3, -0.25) is 14.2 Å². The van der Waals surface area contributed by atoms with Gasteiger partial charge in [-0.2, -0.15) is 5.10 Å². The Morgan fingerprint density at radius 3 is 2.49 bits per heavy atom. The number of hydrogen-bond donors (Lipinski definition) is 1. The highest BCUT2D eigenvalue weighted by molar-refractivity contribution is 7.99. The van der Waals surface area contributed by atoms with Crippen molar-refractivity contribution in [1.29, 1.82) is 0 Å². The van der Waals surface area contributed by atoms with Gasteiger partial charge in [0.2, 0.25) is 0 Å². The second-order valence-electron chi connectivity index (χ2n) is 11.3. The SMILES string of the molecule is COc1ccc(C(=O)NCc2nnc(SCC(=O)N3N=C(c4cccs4)C[C@@H]3c3cccc(OC)c3OC)n2-c2cc(C)ccc2C)cc1. The first kappa shape index (κ1) is 33.7. The molecule has 2 aromatic heterocycles. The number of aryl methyl sites for hydroxylation is 2. The van der Waals surface area contributed by atoms with E-state index in [1.54, 1.807) is 61.9 Å². The molecule has 49 heavy (non-hydrogen) atoms. The third-order valence-electron chi connectivity index (χ3n) is 8.15. The molecule has 0 fully saturated rings. The quantitative estimate of drug-likeness (QED) is 0.150. The van der Waals surface area contributed by atoms with Gasteiger partial charge in [0.15, 0.2) is 22.5 Å². The molecule has 3 heterocycles. The summed E-state index contributed by atoms with van der Waals surface area (Å²) in [7, 11) is 4.76. The van der Waals surface area contributed by atoms with Gasteiger partial charge in [-0.05, 0) is 72.8 Å². The lowest BCUT2D eigenvalue weighted by atomic mass is 9.99. The number of amides is 2. The van der Waals surface area contributed by atoms with Gasteiger partial charge in [-0.15, -0.1) is 21.5 Å². The Kier molecular flexibility index (Phi) is 10.3. The number of hydrogen-bond acceptors (Lipinski definition) is 10. The number of nitrogens with one attached hydrogen (secondary N) is 1. The fraction of sp³-hybridized carbons (Fsp3) is 0.250. The Labute approximate surface area is 292 Å². The predicted molar refractivity (Wildman–Crippen MR) is 190 cm³/mol. The van der Waals surface area contributed by atoms with E-state index < -0.39 is 6.04 Å². The normalized spacial score (nSPS) is 14.0. The van der Waals surface area contributed by atoms with Gasteiger partial charge >= 0.3 is 0 Å². The zero-order chi connectivity index (χ0) is 34.5. The maximum atomic E-state index is 14.1. The largest absolute Gasteiger partial charge is 0.497 e. The van der Waals surface area contributed by atoms with E-state index in [2.05, 4.69) is 15.5 Å². The molecular weight excluding hydrogens is 661 g/mol. The van der Waals surface area contributed by atoms with E-state index in [1.165, 1.54) is 11.8 Å². The summed E-state index contributed by atoms with van der Waals surface area (Å²) < 4.78 is 18.4. The number of nitrogens with zero attached hydrogens (tertiary/aromatic N) is 5. The van der Waals surface area contributed by atoms with Crippen LogP contribution in [0.3, 0.4) is 0 Å². The van der Waals surface area contributed by atoms with Crippen LogP contribution in [-0.4, -0.2) is 64.4 Å². The van der Waals surface area contributed by atoms with Crippen LogP contribution in [0.15, 0.2) is 88.4 Å². The molecule has 6 rings (SSSR count). The molecule has 0 radical (unpaired) electrons. The molecule has 13 heteroatoms. The zero-order valence-corrected chi connectivity index (χ0v) is 29.4. The van der Waals surface area contributed by atoms with E-state index in [4.69, 9.17) is 19.3 Å². The minimum atomic E-state index is -0.393. The molecule has 2 amide bonds. The van der Waals surface area contributed by atoms with E-state index in [0.29, 0.717) is 40.2 Å². The monoisotopic (exact) mass is 696 g/mol. The molecule has 252 valence electrons. The third-order valence-corrected chi connectivity index (χ3v) is 9.99. The van der Waals surface area contributed by atoms with E-state index in [0.717, 1.165) is 33.0 Å². The Morgan fingerprint density at radius 1 is 0.959 bits per heavy atom. The molecule has 0 bridgehead atoms. The van der Waals surface area contributed by atoms with Crippen LogP contribution in [0.25, 0.3) is 5.69 Å². The topological polar surface area (TPSA) is 120 Å². The molecule has 0 aliphatic carbocycles. The van der Waals surface area contributed by atoms with Crippen LogP contribution in [0.4, 0.5) is 0 Å². The summed E-state index contributed by atoms with van der Waals surface area (Å²) in [6, 6.07) is 22.2. The second-order valence-corrected chi connectivity index (χ2v) is 13.2. The number of methoxy groups -OCH3 is 3. The van der Waals surface area contributed by atoms with Crippen molar-refractivity contribution in [1.82, 2.24) is 25.1 Å². The van der Waals surface area contributed by atoms with Gasteiger partial charge in [0.05, 0.1) is 55.9 Å².